The van der Waals surface area contributed by atoms with E-state index >= 15 is 0 Å². The molecule has 3 rings (SSSR count). The van der Waals surface area contributed by atoms with Crippen molar-refractivity contribution in [2.24, 2.45) is 5.92 Å². The first kappa shape index (κ1) is 22.0. The zero-order valence-electron chi connectivity index (χ0n) is 17.2. The molecule has 3 aromatic rings. The first-order valence-electron chi connectivity index (χ1n) is 9.65. The van der Waals surface area contributed by atoms with Gasteiger partial charge in [0.1, 0.15) is 29.0 Å². The first-order valence-corrected chi connectivity index (χ1v) is 9.65. The average Bonchev–Trinajstić information content (AvgIpc) is 3.07. The second-order valence-corrected chi connectivity index (χ2v) is 6.43. The minimum Gasteiger partial charge on any atom is -0.400 e. The Morgan fingerprint density at radius 1 is 1.14 bits per heavy atom. The molecule has 8 nitrogen and oxygen atoms in total. The molecule has 3 aromatic heterocycles. The normalized spacial score (nSPS) is 12.2. The molecule has 0 saturated carbocycles. The number of aromatic nitrogens is 4. The standard InChI is InChI=1S/C19H27N5O2.CH4O/c1-4-25-10-8-13(3)11-24-15(12-26-5-2)23-17-18(24)16-14(22-19(17)20)7-6-9-21-16;1-2/h6-7,9,13H,4-5,8,10-12H2,1-3H3,(H2,20,22);2H,1H3. The Bertz CT molecular complexity index is 881. The van der Waals surface area contributed by atoms with Crippen molar-refractivity contribution in [3.63, 3.8) is 0 Å². The third-order valence-electron chi connectivity index (χ3n) is 4.43. The Morgan fingerprint density at radius 3 is 2.61 bits per heavy atom. The van der Waals surface area contributed by atoms with E-state index in [9.17, 15) is 0 Å². The van der Waals surface area contributed by atoms with Gasteiger partial charge in [-0.15, -0.1) is 0 Å². The van der Waals surface area contributed by atoms with Gasteiger partial charge < -0.3 is 24.9 Å². The summed E-state index contributed by atoms with van der Waals surface area (Å²) in [5, 5.41) is 7.00. The van der Waals surface area contributed by atoms with Crippen LogP contribution in [0.15, 0.2) is 18.3 Å². The van der Waals surface area contributed by atoms with E-state index in [4.69, 9.17) is 25.3 Å². The van der Waals surface area contributed by atoms with Gasteiger partial charge in [0.2, 0.25) is 0 Å². The molecule has 0 spiro atoms. The van der Waals surface area contributed by atoms with E-state index < -0.39 is 0 Å². The number of nitrogens with two attached hydrogens (primary N) is 1. The number of hydrogen-bond acceptors (Lipinski definition) is 7. The summed E-state index contributed by atoms with van der Waals surface area (Å²) < 4.78 is 13.3. The molecule has 0 aromatic carbocycles. The zero-order valence-corrected chi connectivity index (χ0v) is 17.2. The Morgan fingerprint density at radius 2 is 1.89 bits per heavy atom. The van der Waals surface area contributed by atoms with Gasteiger partial charge in [-0.1, -0.05) is 6.92 Å². The zero-order chi connectivity index (χ0) is 20.5. The molecular formula is C20H31N5O3. The highest BCUT2D eigenvalue weighted by Gasteiger charge is 2.19. The SMILES string of the molecule is CCOCCC(C)Cn1c(COCC)nc2c(N)nc3cccnc3c21.CO. The van der Waals surface area contributed by atoms with Crippen LogP contribution in [0.25, 0.3) is 22.1 Å². The Balaban J connectivity index is 0.00000136. The third kappa shape index (κ3) is 4.95. The molecule has 3 N–H and O–H groups in total. The van der Waals surface area contributed by atoms with Gasteiger partial charge in [-0.2, -0.15) is 0 Å². The molecule has 0 bridgehead atoms. The quantitative estimate of drug-likeness (QED) is 0.542. The molecule has 1 unspecified atom stereocenters. The molecule has 28 heavy (non-hydrogen) atoms. The predicted molar refractivity (Wildman–Crippen MR) is 111 cm³/mol. The topological polar surface area (TPSA) is 108 Å². The van der Waals surface area contributed by atoms with E-state index in [0.717, 1.165) is 55.7 Å². The molecule has 0 aliphatic heterocycles. The number of hydrogen-bond donors (Lipinski definition) is 2. The van der Waals surface area contributed by atoms with Gasteiger partial charge in [0.25, 0.3) is 0 Å². The summed E-state index contributed by atoms with van der Waals surface area (Å²) in [6.07, 6.45) is 2.76. The third-order valence-corrected chi connectivity index (χ3v) is 4.43. The van der Waals surface area contributed by atoms with Gasteiger partial charge in [-0.3, -0.25) is 4.98 Å². The maximum Gasteiger partial charge on any atom is 0.152 e. The molecule has 3 heterocycles. The smallest absolute Gasteiger partial charge is 0.152 e. The lowest BCUT2D eigenvalue weighted by atomic mass is 10.1. The highest BCUT2D eigenvalue weighted by molar-refractivity contribution is 6.04. The molecule has 1 atom stereocenters. The lowest BCUT2D eigenvalue weighted by molar-refractivity contribution is 0.121. The van der Waals surface area contributed by atoms with Crippen LogP contribution in [0, 0.1) is 5.92 Å². The fourth-order valence-corrected chi connectivity index (χ4v) is 3.10. The Labute approximate surface area is 165 Å². The molecule has 0 aliphatic rings. The summed E-state index contributed by atoms with van der Waals surface area (Å²) in [4.78, 5) is 13.7. The fraction of sp³-hybridized carbons (Fsp3) is 0.550. The van der Waals surface area contributed by atoms with Crippen LogP contribution in [0.2, 0.25) is 0 Å². The monoisotopic (exact) mass is 389 g/mol. The molecule has 0 radical (unpaired) electrons. The van der Waals surface area contributed by atoms with Crippen molar-refractivity contribution < 1.29 is 14.6 Å². The Hall–Kier alpha value is -2.29. The maximum atomic E-state index is 7.00. The van der Waals surface area contributed by atoms with Crippen LogP contribution in [0.1, 0.15) is 33.0 Å². The number of anilines is 1. The highest BCUT2D eigenvalue weighted by atomic mass is 16.5. The molecular weight excluding hydrogens is 358 g/mol. The van der Waals surface area contributed by atoms with Crippen LogP contribution in [-0.4, -0.2) is 51.6 Å². The lowest BCUT2D eigenvalue weighted by Crippen LogP contribution is -2.14. The summed E-state index contributed by atoms with van der Waals surface area (Å²) in [7, 11) is 1.00. The number of pyridine rings is 2. The summed E-state index contributed by atoms with van der Waals surface area (Å²) in [5.41, 5.74) is 9.42. The summed E-state index contributed by atoms with van der Waals surface area (Å²) in [6, 6.07) is 3.79. The van der Waals surface area contributed by atoms with E-state index in [1.165, 1.54) is 0 Å². The average molecular weight is 390 g/mol. The predicted octanol–water partition coefficient (Wildman–Crippen LogP) is 2.77. The maximum absolute atomic E-state index is 7.00. The summed E-state index contributed by atoms with van der Waals surface area (Å²) >= 11 is 0. The summed E-state index contributed by atoms with van der Waals surface area (Å²) in [5.74, 6) is 1.71. The largest absolute Gasteiger partial charge is 0.400 e. The second kappa shape index (κ2) is 10.9. The minimum atomic E-state index is 0.424. The van der Waals surface area contributed by atoms with E-state index in [0.29, 0.717) is 30.5 Å². The van der Waals surface area contributed by atoms with Crippen LogP contribution in [0.4, 0.5) is 5.82 Å². The first-order chi connectivity index (χ1) is 13.7. The van der Waals surface area contributed by atoms with Gasteiger partial charge in [0.15, 0.2) is 5.82 Å². The number of rotatable bonds is 9. The van der Waals surface area contributed by atoms with Crippen molar-refractivity contribution in [1.82, 2.24) is 19.5 Å². The molecule has 0 aliphatic carbocycles. The molecule has 0 fully saturated rings. The number of nitrogen functional groups attached to an aromatic ring is 1. The van der Waals surface area contributed by atoms with E-state index in [1.807, 2.05) is 26.0 Å². The lowest BCUT2D eigenvalue weighted by Gasteiger charge is -2.16. The second-order valence-electron chi connectivity index (χ2n) is 6.43. The van der Waals surface area contributed by atoms with Crippen molar-refractivity contribution in [2.45, 2.75) is 40.3 Å². The molecule has 8 heteroatoms. The van der Waals surface area contributed by atoms with Crippen LogP contribution in [0.5, 0.6) is 0 Å². The van der Waals surface area contributed by atoms with Crippen molar-refractivity contribution in [3.8, 4) is 0 Å². The molecule has 0 saturated heterocycles. The van der Waals surface area contributed by atoms with Crippen LogP contribution < -0.4 is 5.73 Å². The fourth-order valence-electron chi connectivity index (χ4n) is 3.10. The van der Waals surface area contributed by atoms with Crippen LogP contribution in [0.3, 0.4) is 0 Å². The van der Waals surface area contributed by atoms with Crippen molar-refractivity contribution in [1.29, 1.82) is 0 Å². The van der Waals surface area contributed by atoms with E-state index in [2.05, 4.69) is 21.5 Å². The summed E-state index contributed by atoms with van der Waals surface area (Å²) in [6.45, 7) is 9.59. The Kier molecular flexibility index (Phi) is 8.56. The van der Waals surface area contributed by atoms with E-state index in [-0.39, 0.29) is 0 Å². The van der Waals surface area contributed by atoms with Crippen molar-refractivity contribution >= 4 is 27.9 Å². The van der Waals surface area contributed by atoms with Crippen LogP contribution in [-0.2, 0) is 22.6 Å². The number of nitrogens with zero attached hydrogens (tertiary/aromatic N) is 4. The van der Waals surface area contributed by atoms with Crippen LogP contribution >= 0.6 is 0 Å². The van der Waals surface area contributed by atoms with Crippen molar-refractivity contribution in [2.75, 3.05) is 32.7 Å². The van der Waals surface area contributed by atoms with Crippen molar-refractivity contribution in [3.05, 3.63) is 24.2 Å². The van der Waals surface area contributed by atoms with Gasteiger partial charge in [0.05, 0.1) is 5.52 Å². The van der Waals surface area contributed by atoms with E-state index in [1.54, 1.807) is 6.20 Å². The van der Waals surface area contributed by atoms with Gasteiger partial charge in [-0.25, -0.2) is 9.97 Å². The number of imidazole rings is 1. The van der Waals surface area contributed by atoms with Gasteiger partial charge in [-0.05, 0) is 38.3 Å². The molecule has 0 amide bonds. The number of fused-ring (bicyclic) bond motifs is 3. The van der Waals surface area contributed by atoms with Gasteiger partial charge in [0, 0.05) is 39.7 Å². The number of aliphatic hydroxyl groups is 1. The number of aliphatic hydroxyl groups excluding tert-OH is 1. The number of ether oxygens (including phenoxy) is 2. The molecule has 154 valence electrons. The highest BCUT2D eigenvalue weighted by Crippen LogP contribution is 2.28. The minimum absolute atomic E-state index is 0.424. The van der Waals surface area contributed by atoms with Gasteiger partial charge >= 0.3 is 0 Å².